The number of fused-ring (bicyclic) bond motifs is 1. The molecule has 0 radical (unpaired) electrons. The van der Waals surface area contributed by atoms with Crippen molar-refractivity contribution in [1.82, 2.24) is 19.9 Å². The van der Waals surface area contributed by atoms with Crippen molar-refractivity contribution in [2.75, 3.05) is 19.8 Å². The molecule has 0 aliphatic heterocycles. The van der Waals surface area contributed by atoms with Gasteiger partial charge in [-0.1, -0.05) is 27.7 Å². The molecule has 8 nitrogen and oxygen atoms in total. The molecule has 0 aliphatic rings. The number of hydrogen-bond donors (Lipinski definition) is 2. The molecular formula is C20H30N4O4. The minimum atomic E-state index is -0.595. The lowest BCUT2D eigenvalue weighted by Gasteiger charge is -2.16. The van der Waals surface area contributed by atoms with Crippen LogP contribution in [-0.2, 0) is 11.3 Å². The third-order valence-electron chi connectivity index (χ3n) is 4.31. The van der Waals surface area contributed by atoms with Gasteiger partial charge in [-0.3, -0.25) is 19.1 Å². The van der Waals surface area contributed by atoms with E-state index in [9.17, 15) is 14.4 Å². The van der Waals surface area contributed by atoms with Gasteiger partial charge in [0, 0.05) is 32.0 Å². The molecule has 0 aliphatic carbocycles. The Morgan fingerprint density at radius 2 is 2.00 bits per heavy atom. The maximum absolute atomic E-state index is 12.8. The number of rotatable bonds is 9. The maximum atomic E-state index is 12.8. The highest BCUT2D eigenvalue weighted by atomic mass is 16.5. The van der Waals surface area contributed by atoms with Crippen LogP contribution in [0, 0.1) is 5.92 Å². The minimum absolute atomic E-state index is 0.0378. The summed E-state index contributed by atoms with van der Waals surface area (Å²) in [6.45, 7) is 11.8. The van der Waals surface area contributed by atoms with Gasteiger partial charge in [-0.25, -0.2) is 9.78 Å². The zero-order valence-electron chi connectivity index (χ0n) is 17.3. The summed E-state index contributed by atoms with van der Waals surface area (Å²) < 4.78 is 6.72. The molecule has 2 rings (SSSR count). The number of aromatic amines is 1. The summed E-state index contributed by atoms with van der Waals surface area (Å²) in [6.07, 6.45) is 0.675. The molecule has 0 saturated carbocycles. The topological polar surface area (TPSA) is 106 Å². The first-order chi connectivity index (χ1) is 13.3. The summed E-state index contributed by atoms with van der Waals surface area (Å²) in [5.41, 5.74) is 0.0522. The summed E-state index contributed by atoms with van der Waals surface area (Å²) in [4.78, 5) is 44.6. The van der Waals surface area contributed by atoms with E-state index < -0.39 is 11.2 Å². The molecular weight excluding hydrogens is 360 g/mol. The number of carbonyl (C=O) groups excluding carboxylic acids is 1. The fourth-order valence-corrected chi connectivity index (χ4v) is 2.92. The fraction of sp³-hybridized carbons (Fsp3) is 0.600. The normalized spacial score (nSPS) is 11.5. The average Bonchev–Trinajstić information content (AvgIpc) is 2.63. The standard InChI is InChI=1S/C20H30N4O4/c1-6-28-9-7-8-21-18(25)14-10-15(13(4)5)22-17-16(14)19(26)23-20(27)24(17)11-12(2)3/h10,12-13H,6-9,11H2,1-5H3,(H,21,25)(H,23,26,27). The third kappa shape index (κ3) is 5.07. The molecule has 1 amide bonds. The monoisotopic (exact) mass is 390 g/mol. The number of nitrogens with one attached hydrogen (secondary N) is 2. The zero-order chi connectivity index (χ0) is 20.8. The van der Waals surface area contributed by atoms with Crippen LogP contribution in [0.3, 0.4) is 0 Å². The zero-order valence-corrected chi connectivity index (χ0v) is 17.3. The van der Waals surface area contributed by atoms with E-state index in [1.807, 2.05) is 34.6 Å². The van der Waals surface area contributed by atoms with Crippen LogP contribution in [0.5, 0.6) is 0 Å². The Bertz CT molecular complexity index is 944. The van der Waals surface area contributed by atoms with Crippen LogP contribution in [0.4, 0.5) is 0 Å². The predicted molar refractivity (Wildman–Crippen MR) is 109 cm³/mol. The Hall–Kier alpha value is -2.48. The summed E-state index contributed by atoms with van der Waals surface area (Å²) in [6, 6.07) is 1.64. The van der Waals surface area contributed by atoms with Crippen molar-refractivity contribution < 1.29 is 9.53 Å². The molecule has 2 aromatic heterocycles. The average molecular weight is 390 g/mol. The smallest absolute Gasteiger partial charge is 0.330 e. The van der Waals surface area contributed by atoms with E-state index in [0.29, 0.717) is 38.4 Å². The maximum Gasteiger partial charge on any atom is 0.330 e. The first kappa shape index (κ1) is 21.8. The van der Waals surface area contributed by atoms with Gasteiger partial charge in [0.2, 0.25) is 0 Å². The molecule has 0 aromatic carbocycles. The number of hydrogen-bond acceptors (Lipinski definition) is 5. The molecule has 0 atom stereocenters. The second kappa shape index (κ2) is 9.64. The van der Waals surface area contributed by atoms with Crippen molar-refractivity contribution in [2.45, 2.75) is 53.5 Å². The van der Waals surface area contributed by atoms with Gasteiger partial charge in [0.1, 0.15) is 0 Å². The number of nitrogens with zero attached hydrogens (tertiary/aromatic N) is 2. The molecule has 0 unspecified atom stereocenters. The highest BCUT2D eigenvalue weighted by Crippen LogP contribution is 2.20. The lowest BCUT2D eigenvalue weighted by molar-refractivity contribution is 0.0945. The Kier molecular flexibility index (Phi) is 7.51. The van der Waals surface area contributed by atoms with Crippen molar-refractivity contribution in [2.24, 2.45) is 5.92 Å². The minimum Gasteiger partial charge on any atom is -0.382 e. The van der Waals surface area contributed by atoms with Crippen LogP contribution in [0.15, 0.2) is 15.7 Å². The second-order valence-corrected chi connectivity index (χ2v) is 7.52. The van der Waals surface area contributed by atoms with Crippen molar-refractivity contribution in [3.05, 3.63) is 38.2 Å². The van der Waals surface area contributed by atoms with Crippen LogP contribution in [-0.4, -0.2) is 40.2 Å². The van der Waals surface area contributed by atoms with Gasteiger partial charge in [0.25, 0.3) is 11.5 Å². The Balaban J connectivity index is 2.56. The van der Waals surface area contributed by atoms with Crippen LogP contribution in [0.1, 0.15) is 63.0 Å². The molecule has 0 saturated heterocycles. The molecule has 154 valence electrons. The van der Waals surface area contributed by atoms with Gasteiger partial charge in [-0.15, -0.1) is 0 Å². The molecule has 2 aromatic rings. The molecule has 0 fully saturated rings. The summed E-state index contributed by atoms with van der Waals surface area (Å²) in [7, 11) is 0. The van der Waals surface area contributed by atoms with Gasteiger partial charge in [-0.05, 0) is 31.2 Å². The first-order valence-corrected chi connectivity index (χ1v) is 9.79. The third-order valence-corrected chi connectivity index (χ3v) is 4.31. The second-order valence-electron chi connectivity index (χ2n) is 7.52. The van der Waals surface area contributed by atoms with E-state index in [0.717, 1.165) is 0 Å². The van der Waals surface area contributed by atoms with Gasteiger partial charge in [0.15, 0.2) is 5.65 Å². The van der Waals surface area contributed by atoms with E-state index in [4.69, 9.17) is 4.74 Å². The Labute approximate surface area is 164 Å². The van der Waals surface area contributed by atoms with Crippen LogP contribution < -0.4 is 16.6 Å². The Morgan fingerprint density at radius 1 is 1.29 bits per heavy atom. The van der Waals surface area contributed by atoms with Gasteiger partial charge < -0.3 is 10.1 Å². The van der Waals surface area contributed by atoms with Gasteiger partial charge >= 0.3 is 5.69 Å². The predicted octanol–water partition coefficient (Wildman–Crippen LogP) is 2.02. The summed E-state index contributed by atoms with van der Waals surface area (Å²) in [5, 5.41) is 2.98. The molecule has 0 bridgehead atoms. The van der Waals surface area contributed by atoms with Crippen molar-refractivity contribution in [3.63, 3.8) is 0 Å². The summed E-state index contributed by atoms with van der Waals surface area (Å²) in [5.74, 6) is -0.144. The van der Waals surface area contributed by atoms with Crippen LogP contribution in [0.2, 0.25) is 0 Å². The molecule has 2 heterocycles. The highest BCUT2D eigenvalue weighted by molar-refractivity contribution is 6.05. The number of H-pyrrole nitrogens is 1. The summed E-state index contributed by atoms with van der Waals surface area (Å²) >= 11 is 0. The number of ether oxygens (including phenoxy) is 1. The van der Waals surface area contributed by atoms with Crippen molar-refractivity contribution in [1.29, 1.82) is 0 Å². The molecule has 8 heteroatoms. The lowest BCUT2D eigenvalue weighted by Crippen LogP contribution is -2.34. The number of pyridine rings is 1. The van der Waals surface area contributed by atoms with E-state index >= 15 is 0 Å². The van der Waals surface area contributed by atoms with E-state index in [1.165, 1.54) is 4.57 Å². The van der Waals surface area contributed by atoms with Crippen LogP contribution in [0.25, 0.3) is 11.0 Å². The SMILES string of the molecule is CCOCCCNC(=O)c1cc(C(C)C)nc2c1c(=O)[nH]c(=O)n2CC(C)C. The number of carbonyl (C=O) groups is 1. The number of aromatic nitrogens is 3. The van der Waals surface area contributed by atoms with E-state index in [1.54, 1.807) is 6.07 Å². The van der Waals surface area contributed by atoms with Crippen LogP contribution >= 0.6 is 0 Å². The highest BCUT2D eigenvalue weighted by Gasteiger charge is 2.20. The molecule has 0 spiro atoms. The Morgan fingerprint density at radius 3 is 2.61 bits per heavy atom. The van der Waals surface area contributed by atoms with Gasteiger partial charge in [0.05, 0.1) is 10.9 Å². The molecule has 28 heavy (non-hydrogen) atoms. The fourth-order valence-electron chi connectivity index (χ4n) is 2.92. The number of amides is 1. The largest absolute Gasteiger partial charge is 0.382 e. The first-order valence-electron chi connectivity index (χ1n) is 9.79. The van der Waals surface area contributed by atoms with E-state index in [-0.39, 0.29) is 34.3 Å². The quantitative estimate of drug-likeness (QED) is 0.637. The van der Waals surface area contributed by atoms with Crippen molar-refractivity contribution in [3.8, 4) is 0 Å². The van der Waals surface area contributed by atoms with Crippen molar-refractivity contribution >= 4 is 16.9 Å². The van der Waals surface area contributed by atoms with E-state index in [2.05, 4.69) is 15.3 Å². The molecule has 2 N–H and O–H groups in total. The van der Waals surface area contributed by atoms with Gasteiger partial charge in [-0.2, -0.15) is 0 Å². The lowest BCUT2D eigenvalue weighted by atomic mass is 10.0.